The Labute approximate surface area is 257 Å². The van der Waals surface area contributed by atoms with E-state index in [2.05, 4.69) is 5.32 Å². The van der Waals surface area contributed by atoms with Crippen molar-refractivity contribution in [3.8, 4) is 11.5 Å². The predicted octanol–water partition coefficient (Wildman–Crippen LogP) is 5.42. The monoisotopic (exact) mass is 633 g/mol. The summed E-state index contributed by atoms with van der Waals surface area (Å²) in [4.78, 5) is 28.5. The Morgan fingerprint density at radius 1 is 0.953 bits per heavy atom. The van der Waals surface area contributed by atoms with E-state index in [9.17, 15) is 22.4 Å². The number of nitrogens with zero attached hydrogens (tertiary/aromatic N) is 2. The van der Waals surface area contributed by atoms with Gasteiger partial charge in [0.1, 0.15) is 18.4 Å². The van der Waals surface area contributed by atoms with Crippen LogP contribution in [0.4, 0.5) is 10.1 Å². The van der Waals surface area contributed by atoms with E-state index in [0.29, 0.717) is 22.9 Å². The van der Waals surface area contributed by atoms with E-state index < -0.39 is 34.3 Å². The third-order valence-electron chi connectivity index (χ3n) is 6.82. The maximum absolute atomic E-state index is 14.1. The lowest BCUT2D eigenvalue weighted by atomic mass is 10.1. The number of amides is 2. The summed E-state index contributed by atoms with van der Waals surface area (Å²) >= 11 is 6.06. The number of hydrogen-bond donors (Lipinski definition) is 1. The largest absolute Gasteiger partial charge is 0.493 e. The first-order valence-corrected chi connectivity index (χ1v) is 15.7. The van der Waals surface area contributed by atoms with Crippen LogP contribution in [-0.4, -0.2) is 58.5 Å². The number of hydrogen-bond acceptors (Lipinski definition) is 6. The van der Waals surface area contributed by atoms with Gasteiger partial charge in [-0.3, -0.25) is 13.9 Å². The number of ether oxygens (including phenoxy) is 2. The normalized spacial score (nSPS) is 11.9. The van der Waals surface area contributed by atoms with E-state index >= 15 is 0 Å². The molecule has 3 rings (SSSR count). The van der Waals surface area contributed by atoms with Crippen LogP contribution >= 0.6 is 11.6 Å². The molecule has 0 heterocycles. The van der Waals surface area contributed by atoms with Crippen molar-refractivity contribution in [2.75, 3.05) is 31.6 Å². The Hall–Kier alpha value is -3.83. The van der Waals surface area contributed by atoms with E-state index in [4.69, 9.17) is 21.1 Å². The standard InChI is InChI=1S/C31H37ClFN3O6S/c1-5-7-18-34-31(38)27(6-2)35(20-22-8-10-23(32)11-9-22)30(37)21-36(25-14-12-24(33)13-15-25)43(39,40)26-16-17-28(41-3)29(19-26)42-4/h8-17,19,27H,5-7,18,20-21H2,1-4H3,(H,34,38)/t27-/m1/s1. The van der Waals surface area contributed by atoms with Gasteiger partial charge in [-0.2, -0.15) is 0 Å². The fraction of sp³-hybridized carbons (Fsp3) is 0.355. The maximum atomic E-state index is 14.1. The number of rotatable bonds is 15. The summed E-state index contributed by atoms with van der Waals surface area (Å²) < 4.78 is 53.4. The average molecular weight is 634 g/mol. The molecule has 43 heavy (non-hydrogen) atoms. The number of carbonyl (C=O) groups excluding carboxylic acids is 2. The first-order chi connectivity index (χ1) is 20.5. The van der Waals surface area contributed by atoms with Gasteiger partial charge in [0.05, 0.1) is 24.8 Å². The van der Waals surface area contributed by atoms with Crippen molar-refractivity contribution < 1.29 is 31.9 Å². The topological polar surface area (TPSA) is 105 Å². The SMILES string of the molecule is CCCCNC(=O)[C@@H](CC)N(Cc1ccc(Cl)cc1)C(=O)CN(c1ccc(F)cc1)S(=O)(=O)c1ccc(OC)c(OC)c1. The van der Waals surface area contributed by atoms with Crippen LogP contribution in [0.3, 0.4) is 0 Å². The third kappa shape index (κ3) is 8.61. The van der Waals surface area contributed by atoms with Crippen molar-refractivity contribution in [2.24, 2.45) is 0 Å². The Balaban J connectivity index is 2.06. The molecule has 0 unspecified atom stereocenters. The third-order valence-corrected chi connectivity index (χ3v) is 8.84. The van der Waals surface area contributed by atoms with Crippen molar-refractivity contribution >= 4 is 39.1 Å². The van der Waals surface area contributed by atoms with Gasteiger partial charge >= 0.3 is 0 Å². The summed E-state index contributed by atoms with van der Waals surface area (Å²) in [5.74, 6) is -1.04. The smallest absolute Gasteiger partial charge is 0.264 e. The van der Waals surface area contributed by atoms with E-state index in [1.165, 1.54) is 49.5 Å². The summed E-state index contributed by atoms with van der Waals surface area (Å²) in [6.45, 7) is 3.61. The lowest BCUT2D eigenvalue weighted by Crippen LogP contribution is -2.52. The Kier molecular flexibility index (Phi) is 12.2. The Bertz CT molecular complexity index is 1490. The molecule has 0 spiro atoms. The molecule has 0 aliphatic carbocycles. The van der Waals surface area contributed by atoms with Gasteiger partial charge in [0.15, 0.2) is 11.5 Å². The molecule has 0 bridgehead atoms. The Morgan fingerprint density at radius 2 is 1.60 bits per heavy atom. The maximum Gasteiger partial charge on any atom is 0.264 e. The van der Waals surface area contributed by atoms with Crippen LogP contribution in [0.1, 0.15) is 38.7 Å². The van der Waals surface area contributed by atoms with Crippen molar-refractivity contribution in [3.05, 3.63) is 83.1 Å². The average Bonchev–Trinajstić information content (AvgIpc) is 3.00. The molecule has 0 radical (unpaired) electrons. The van der Waals surface area contributed by atoms with Crippen LogP contribution in [0.2, 0.25) is 5.02 Å². The number of sulfonamides is 1. The molecule has 1 N–H and O–H groups in total. The highest BCUT2D eigenvalue weighted by atomic mass is 35.5. The number of methoxy groups -OCH3 is 2. The molecule has 12 heteroatoms. The second-order valence-electron chi connectivity index (χ2n) is 9.72. The van der Waals surface area contributed by atoms with Gasteiger partial charge in [0, 0.05) is 24.2 Å². The zero-order valence-electron chi connectivity index (χ0n) is 24.7. The number of unbranched alkanes of at least 4 members (excludes halogenated alkanes) is 1. The molecule has 3 aromatic carbocycles. The van der Waals surface area contributed by atoms with E-state index in [0.717, 1.165) is 29.3 Å². The first kappa shape index (κ1) is 33.7. The van der Waals surface area contributed by atoms with Crippen molar-refractivity contribution in [1.82, 2.24) is 10.2 Å². The molecule has 232 valence electrons. The lowest BCUT2D eigenvalue weighted by Gasteiger charge is -2.33. The van der Waals surface area contributed by atoms with Crippen molar-refractivity contribution in [1.29, 1.82) is 0 Å². The summed E-state index contributed by atoms with van der Waals surface area (Å²) in [5, 5.41) is 3.39. The van der Waals surface area contributed by atoms with Gasteiger partial charge in [-0.25, -0.2) is 12.8 Å². The van der Waals surface area contributed by atoms with Crippen LogP contribution in [-0.2, 0) is 26.2 Å². The number of halogens is 2. The van der Waals surface area contributed by atoms with Crippen LogP contribution < -0.4 is 19.1 Å². The van der Waals surface area contributed by atoms with Gasteiger partial charge in [-0.15, -0.1) is 0 Å². The van der Waals surface area contributed by atoms with E-state index in [1.54, 1.807) is 31.2 Å². The molecule has 9 nitrogen and oxygen atoms in total. The molecule has 0 aromatic heterocycles. The number of benzene rings is 3. The molecule has 3 aromatic rings. The van der Waals surface area contributed by atoms with E-state index in [1.807, 2.05) is 6.92 Å². The minimum absolute atomic E-state index is 0.0311. The first-order valence-electron chi connectivity index (χ1n) is 13.9. The van der Waals surface area contributed by atoms with Crippen LogP contribution in [0.5, 0.6) is 11.5 Å². The molecule has 1 atom stereocenters. The lowest BCUT2D eigenvalue weighted by molar-refractivity contribution is -0.140. The molecule has 0 aliphatic rings. The van der Waals surface area contributed by atoms with Crippen molar-refractivity contribution in [3.63, 3.8) is 0 Å². The van der Waals surface area contributed by atoms with Crippen LogP contribution in [0.25, 0.3) is 0 Å². The molecule has 0 saturated heterocycles. The van der Waals surface area contributed by atoms with Crippen LogP contribution in [0.15, 0.2) is 71.6 Å². The molecular formula is C31H37ClFN3O6S. The minimum atomic E-state index is -4.39. The second kappa shape index (κ2) is 15.6. The number of carbonyl (C=O) groups is 2. The van der Waals surface area contributed by atoms with Gasteiger partial charge in [0.25, 0.3) is 10.0 Å². The summed E-state index contributed by atoms with van der Waals surface area (Å²) in [7, 11) is -1.59. The summed E-state index contributed by atoms with van der Waals surface area (Å²) in [5.41, 5.74) is 0.769. The molecule has 2 amide bonds. The molecule has 0 saturated carbocycles. The van der Waals surface area contributed by atoms with E-state index in [-0.39, 0.29) is 35.2 Å². The zero-order chi connectivity index (χ0) is 31.6. The molecule has 0 fully saturated rings. The number of anilines is 1. The van der Waals surface area contributed by atoms with Crippen molar-refractivity contribution in [2.45, 2.75) is 50.6 Å². The van der Waals surface area contributed by atoms with Crippen LogP contribution in [0, 0.1) is 5.82 Å². The van der Waals surface area contributed by atoms with Gasteiger partial charge in [0.2, 0.25) is 11.8 Å². The minimum Gasteiger partial charge on any atom is -0.493 e. The zero-order valence-corrected chi connectivity index (χ0v) is 26.3. The second-order valence-corrected chi connectivity index (χ2v) is 12.0. The summed E-state index contributed by atoms with van der Waals surface area (Å²) in [6.07, 6.45) is 1.94. The Morgan fingerprint density at radius 3 is 2.19 bits per heavy atom. The van der Waals surface area contributed by atoms with Gasteiger partial charge in [-0.1, -0.05) is 44.0 Å². The fourth-order valence-corrected chi connectivity index (χ4v) is 6.01. The highest BCUT2D eigenvalue weighted by molar-refractivity contribution is 7.92. The van der Waals surface area contributed by atoms with Gasteiger partial charge in [-0.05, 0) is 66.9 Å². The number of nitrogens with one attached hydrogen (secondary N) is 1. The fourth-order valence-electron chi connectivity index (χ4n) is 4.45. The molecule has 0 aliphatic heterocycles. The predicted molar refractivity (Wildman–Crippen MR) is 164 cm³/mol. The highest BCUT2D eigenvalue weighted by Crippen LogP contribution is 2.32. The molecular weight excluding hydrogens is 597 g/mol. The quantitative estimate of drug-likeness (QED) is 0.224. The van der Waals surface area contributed by atoms with Gasteiger partial charge < -0.3 is 19.7 Å². The highest BCUT2D eigenvalue weighted by Gasteiger charge is 2.34. The summed E-state index contributed by atoms with van der Waals surface area (Å²) in [6, 6.07) is 14.8.